The molecule has 0 saturated carbocycles. The van der Waals surface area contributed by atoms with Crippen LogP contribution in [-0.4, -0.2) is 42.5 Å². The Labute approximate surface area is 192 Å². The molecule has 0 heterocycles. The van der Waals surface area contributed by atoms with Gasteiger partial charge in [-0.1, -0.05) is 56.3 Å². The smallest absolute Gasteiger partial charge is 0.311 e. The Morgan fingerprint density at radius 3 is 2.66 bits per heavy atom. The maximum absolute atomic E-state index is 12.4. The Morgan fingerprint density at radius 2 is 1.91 bits per heavy atom. The largest absolute Gasteiger partial charge is 0.426 e. The molecule has 1 amide bonds. The molecule has 0 spiro atoms. The molecular weight excluding hydrogens is 400 g/mol. The molecule has 1 N–H and O–H groups in total. The van der Waals surface area contributed by atoms with E-state index in [1.807, 2.05) is 42.5 Å². The molecule has 0 saturated heterocycles. The first-order valence-electron chi connectivity index (χ1n) is 12.0. The number of carbonyl (C=O) groups excluding carboxylic acids is 2. The van der Waals surface area contributed by atoms with Crippen LogP contribution in [0, 0.1) is 0 Å². The summed E-state index contributed by atoms with van der Waals surface area (Å²) in [5.41, 5.74) is 3.47. The highest BCUT2D eigenvalue weighted by Crippen LogP contribution is 2.31. The van der Waals surface area contributed by atoms with Crippen molar-refractivity contribution in [1.29, 1.82) is 0 Å². The van der Waals surface area contributed by atoms with Crippen molar-refractivity contribution in [3.05, 3.63) is 65.2 Å². The quantitative estimate of drug-likeness (QED) is 0.324. The van der Waals surface area contributed by atoms with Gasteiger partial charge in [0.1, 0.15) is 5.75 Å². The van der Waals surface area contributed by atoms with Gasteiger partial charge in [-0.05, 0) is 68.0 Å². The van der Waals surface area contributed by atoms with Crippen LogP contribution in [-0.2, 0) is 28.9 Å². The van der Waals surface area contributed by atoms with Gasteiger partial charge in [-0.3, -0.25) is 9.59 Å². The maximum Gasteiger partial charge on any atom is 0.311 e. The number of nitrogens with one attached hydrogen (secondary N) is 1. The molecule has 2 aromatic carbocycles. The van der Waals surface area contributed by atoms with Gasteiger partial charge in [-0.2, -0.15) is 0 Å². The number of nitrogens with zero attached hydrogens (tertiary/aromatic N) is 1. The zero-order valence-electron chi connectivity index (χ0n) is 19.4. The van der Waals surface area contributed by atoms with E-state index in [0.717, 1.165) is 37.9 Å². The fraction of sp³-hybridized carbons (Fsp3) is 0.481. The van der Waals surface area contributed by atoms with Gasteiger partial charge in [0, 0.05) is 19.0 Å². The van der Waals surface area contributed by atoms with Crippen molar-refractivity contribution < 1.29 is 14.3 Å². The van der Waals surface area contributed by atoms with Crippen LogP contribution in [0.15, 0.2) is 48.5 Å². The number of hydrogen-bond acceptors (Lipinski definition) is 4. The minimum absolute atomic E-state index is 0.0274. The zero-order chi connectivity index (χ0) is 22.8. The van der Waals surface area contributed by atoms with E-state index in [4.69, 9.17) is 4.74 Å². The predicted molar refractivity (Wildman–Crippen MR) is 128 cm³/mol. The molecule has 32 heavy (non-hydrogen) atoms. The third-order valence-electron chi connectivity index (χ3n) is 6.16. The van der Waals surface area contributed by atoms with Gasteiger partial charge >= 0.3 is 5.97 Å². The van der Waals surface area contributed by atoms with Gasteiger partial charge in [0.15, 0.2) is 0 Å². The zero-order valence-corrected chi connectivity index (χ0v) is 19.4. The van der Waals surface area contributed by atoms with E-state index in [2.05, 4.69) is 30.1 Å². The summed E-state index contributed by atoms with van der Waals surface area (Å²) in [6, 6.07) is 16.3. The Hall–Kier alpha value is -2.66. The van der Waals surface area contributed by atoms with E-state index in [1.54, 1.807) is 0 Å². The number of ether oxygens (including phenoxy) is 1. The number of amides is 1. The molecule has 0 unspecified atom stereocenters. The van der Waals surface area contributed by atoms with Crippen LogP contribution in [0.5, 0.6) is 5.75 Å². The van der Waals surface area contributed by atoms with E-state index in [-0.39, 0.29) is 18.3 Å². The molecule has 2 aromatic rings. The third-order valence-corrected chi connectivity index (χ3v) is 6.16. The number of rotatable bonds is 11. The number of carbonyl (C=O) groups is 2. The Morgan fingerprint density at radius 1 is 1.09 bits per heavy atom. The molecule has 3 rings (SSSR count). The highest BCUT2D eigenvalue weighted by atomic mass is 16.5. The second kappa shape index (κ2) is 12.4. The van der Waals surface area contributed by atoms with Gasteiger partial charge in [-0.15, -0.1) is 0 Å². The number of esters is 1. The van der Waals surface area contributed by atoms with Crippen molar-refractivity contribution in [3.8, 4) is 5.75 Å². The van der Waals surface area contributed by atoms with Gasteiger partial charge < -0.3 is 15.0 Å². The summed E-state index contributed by atoms with van der Waals surface area (Å²) < 4.78 is 5.72. The van der Waals surface area contributed by atoms with E-state index in [0.29, 0.717) is 31.2 Å². The molecule has 0 aromatic heterocycles. The number of benzene rings is 2. The third kappa shape index (κ3) is 6.92. The van der Waals surface area contributed by atoms with E-state index < -0.39 is 0 Å². The molecule has 0 bridgehead atoms. The van der Waals surface area contributed by atoms with Crippen LogP contribution in [0.25, 0.3) is 0 Å². The highest BCUT2D eigenvalue weighted by molar-refractivity contribution is 5.78. The average molecular weight is 437 g/mol. The second-order valence-corrected chi connectivity index (χ2v) is 8.51. The lowest BCUT2D eigenvalue weighted by Gasteiger charge is -2.34. The fourth-order valence-corrected chi connectivity index (χ4v) is 4.52. The van der Waals surface area contributed by atoms with Crippen molar-refractivity contribution in [1.82, 2.24) is 10.2 Å². The summed E-state index contributed by atoms with van der Waals surface area (Å²) in [6.07, 6.45) is 5.44. The lowest BCUT2D eigenvalue weighted by Crippen LogP contribution is -2.39. The van der Waals surface area contributed by atoms with Gasteiger partial charge in [0.05, 0.1) is 6.42 Å². The second-order valence-electron chi connectivity index (χ2n) is 8.51. The number of hydrogen-bond donors (Lipinski definition) is 1. The van der Waals surface area contributed by atoms with E-state index in [1.165, 1.54) is 17.5 Å². The Bertz CT molecular complexity index is 882. The molecule has 0 fully saturated rings. The summed E-state index contributed by atoms with van der Waals surface area (Å²) in [4.78, 5) is 27.0. The van der Waals surface area contributed by atoms with Crippen LogP contribution in [0.3, 0.4) is 0 Å². The lowest BCUT2D eigenvalue weighted by atomic mass is 9.86. The van der Waals surface area contributed by atoms with Crippen molar-refractivity contribution in [2.24, 2.45) is 0 Å². The number of fused-ring (bicyclic) bond motifs is 1. The minimum Gasteiger partial charge on any atom is -0.426 e. The normalized spacial score (nSPS) is 15.3. The van der Waals surface area contributed by atoms with Crippen molar-refractivity contribution >= 4 is 11.9 Å². The summed E-state index contributed by atoms with van der Waals surface area (Å²) in [5, 5.41) is 2.88. The van der Waals surface area contributed by atoms with Crippen LogP contribution < -0.4 is 10.1 Å². The molecule has 0 aliphatic heterocycles. The molecule has 1 atom stereocenters. The fourth-order valence-electron chi connectivity index (χ4n) is 4.52. The van der Waals surface area contributed by atoms with Crippen LogP contribution in [0.4, 0.5) is 0 Å². The van der Waals surface area contributed by atoms with Crippen LogP contribution in [0.1, 0.15) is 56.2 Å². The highest BCUT2D eigenvalue weighted by Gasteiger charge is 2.25. The molecule has 0 radical (unpaired) electrons. The SMILES string of the molecule is CCCN(CC)[C@H]1CCc2c(cccc2OC(=O)CCCNC(=O)Cc2ccccc2)C1. The van der Waals surface area contributed by atoms with Gasteiger partial charge in [-0.25, -0.2) is 0 Å². The summed E-state index contributed by atoms with van der Waals surface area (Å²) in [5.74, 6) is 0.442. The van der Waals surface area contributed by atoms with Crippen LogP contribution in [0.2, 0.25) is 0 Å². The first kappa shape index (κ1) is 24.0. The molecule has 5 heteroatoms. The topological polar surface area (TPSA) is 58.6 Å². The first-order valence-corrected chi connectivity index (χ1v) is 12.0. The standard InChI is InChI=1S/C27H36N2O3/c1-3-18-29(4-2)23-15-16-24-22(20-23)12-8-13-25(24)32-27(31)14-9-17-28-26(30)19-21-10-6-5-7-11-21/h5-8,10-13,23H,3-4,9,14-20H2,1-2H3,(H,28,30)/t23-/m0/s1. The first-order chi connectivity index (χ1) is 15.6. The monoisotopic (exact) mass is 436 g/mol. The van der Waals surface area contributed by atoms with Gasteiger partial charge in [0.2, 0.25) is 5.91 Å². The predicted octanol–water partition coefficient (Wildman–Crippen LogP) is 4.32. The molecular formula is C27H36N2O3. The van der Waals surface area contributed by atoms with Gasteiger partial charge in [0.25, 0.3) is 0 Å². The Kier molecular flexibility index (Phi) is 9.29. The number of likely N-dealkylation sites (N-methyl/N-ethyl adjacent to an activating group) is 1. The summed E-state index contributed by atoms with van der Waals surface area (Å²) >= 11 is 0. The summed E-state index contributed by atoms with van der Waals surface area (Å²) in [7, 11) is 0. The van der Waals surface area contributed by atoms with Crippen molar-refractivity contribution in [2.45, 2.75) is 64.8 Å². The van der Waals surface area contributed by atoms with Crippen molar-refractivity contribution in [3.63, 3.8) is 0 Å². The van der Waals surface area contributed by atoms with Crippen molar-refractivity contribution in [2.75, 3.05) is 19.6 Å². The lowest BCUT2D eigenvalue weighted by molar-refractivity contribution is -0.134. The molecule has 1 aliphatic carbocycles. The molecule has 5 nitrogen and oxygen atoms in total. The minimum atomic E-state index is -0.237. The van der Waals surface area contributed by atoms with E-state index >= 15 is 0 Å². The molecule has 1 aliphatic rings. The van der Waals surface area contributed by atoms with E-state index in [9.17, 15) is 9.59 Å². The Balaban J connectivity index is 1.44. The maximum atomic E-state index is 12.4. The molecule has 172 valence electrons. The average Bonchev–Trinajstić information content (AvgIpc) is 2.81. The summed E-state index contributed by atoms with van der Waals surface area (Å²) in [6.45, 7) is 7.14. The van der Waals surface area contributed by atoms with Crippen LogP contribution >= 0.6 is 0 Å².